The van der Waals surface area contributed by atoms with Gasteiger partial charge in [-0.1, -0.05) is 6.07 Å². The number of aromatic nitrogens is 1. The van der Waals surface area contributed by atoms with Crippen LogP contribution in [0.15, 0.2) is 40.9 Å². The molecule has 2 aromatic heterocycles. The van der Waals surface area contributed by atoms with E-state index in [0.717, 1.165) is 5.69 Å². The normalized spacial score (nSPS) is 10.3. The first-order valence-corrected chi connectivity index (χ1v) is 5.43. The van der Waals surface area contributed by atoms with Crippen LogP contribution in [-0.2, 0) is 6.42 Å². The highest BCUT2D eigenvalue weighted by Crippen LogP contribution is 2.19. The van der Waals surface area contributed by atoms with Crippen LogP contribution in [0.4, 0.5) is 4.79 Å². The van der Waals surface area contributed by atoms with Crippen LogP contribution in [0, 0.1) is 0 Å². The zero-order chi connectivity index (χ0) is 13.0. The Hall–Kier alpha value is -2.34. The summed E-state index contributed by atoms with van der Waals surface area (Å²) in [5.41, 5.74) is 5.63. The number of furan rings is 1. The zero-order valence-corrected chi connectivity index (χ0v) is 9.61. The molecule has 0 saturated carbocycles. The minimum absolute atomic E-state index is 0.0878. The molecule has 0 bridgehead atoms. The fraction of sp³-hybridized carbons (Fsp3) is 0.167. The van der Waals surface area contributed by atoms with E-state index in [4.69, 9.17) is 15.4 Å². The first kappa shape index (κ1) is 12.1. The third-order valence-corrected chi connectivity index (χ3v) is 2.40. The number of hydrogen-bond acceptors (Lipinski definition) is 4. The smallest absolute Gasteiger partial charge is 0.338 e. The van der Waals surface area contributed by atoms with Gasteiger partial charge in [0.25, 0.3) is 0 Å². The van der Waals surface area contributed by atoms with Crippen LogP contribution >= 0.6 is 0 Å². The second-order valence-corrected chi connectivity index (χ2v) is 3.69. The molecule has 0 fully saturated rings. The maximum atomic E-state index is 10.6. The first-order chi connectivity index (χ1) is 8.66. The van der Waals surface area contributed by atoms with Gasteiger partial charge < -0.3 is 10.2 Å². The maximum Gasteiger partial charge on any atom is 0.338 e. The Morgan fingerprint density at radius 2 is 2.22 bits per heavy atom. The van der Waals surface area contributed by atoms with E-state index in [-0.39, 0.29) is 6.54 Å². The summed E-state index contributed by atoms with van der Waals surface area (Å²) >= 11 is 0. The quantitative estimate of drug-likeness (QED) is 0.634. The van der Waals surface area contributed by atoms with E-state index < -0.39 is 6.03 Å². The van der Waals surface area contributed by atoms with E-state index in [0.29, 0.717) is 23.0 Å². The molecule has 6 nitrogen and oxygen atoms in total. The van der Waals surface area contributed by atoms with Crippen molar-refractivity contribution < 1.29 is 14.4 Å². The van der Waals surface area contributed by atoms with Gasteiger partial charge in [-0.2, -0.15) is 0 Å². The van der Waals surface area contributed by atoms with Crippen LogP contribution in [0.1, 0.15) is 5.76 Å². The Bertz CT molecular complexity index is 524. The van der Waals surface area contributed by atoms with Crippen molar-refractivity contribution in [2.24, 2.45) is 5.73 Å². The average molecular weight is 247 g/mol. The Labute approximate surface area is 104 Å². The number of carbonyl (C=O) groups is 1. The summed E-state index contributed by atoms with van der Waals surface area (Å²) in [5.74, 6) is 1.30. The van der Waals surface area contributed by atoms with Crippen LogP contribution in [0.2, 0.25) is 0 Å². The highest BCUT2D eigenvalue weighted by molar-refractivity contribution is 5.70. The van der Waals surface area contributed by atoms with Crippen molar-refractivity contribution >= 4 is 6.03 Å². The molecule has 0 aliphatic rings. The summed E-state index contributed by atoms with van der Waals surface area (Å²) in [6, 6.07) is 8.22. The highest BCUT2D eigenvalue weighted by atomic mass is 16.5. The zero-order valence-electron chi connectivity index (χ0n) is 9.61. The summed E-state index contributed by atoms with van der Waals surface area (Å²) in [4.78, 5) is 14.8. The minimum Gasteiger partial charge on any atom is -0.459 e. The fourth-order valence-electron chi connectivity index (χ4n) is 1.48. The standard InChI is InChI=1S/C12H13N3O3/c13-12(16)15(17)8-6-9-4-5-11(18-9)10-3-1-2-7-14-10/h1-5,7,17H,6,8H2,(H2,13,16). The minimum atomic E-state index is -0.883. The molecule has 3 N–H and O–H groups in total. The molecular weight excluding hydrogens is 234 g/mol. The lowest BCUT2D eigenvalue weighted by Crippen LogP contribution is -2.34. The maximum absolute atomic E-state index is 10.6. The van der Waals surface area contributed by atoms with Crippen molar-refractivity contribution in [2.45, 2.75) is 6.42 Å². The van der Waals surface area contributed by atoms with Gasteiger partial charge in [0.2, 0.25) is 0 Å². The molecule has 2 heterocycles. The number of hydrogen-bond donors (Lipinski definition) is 2. The predicted molar refractivity (Wildman–Crippen MR) is 63.7 cm³/mol. The molecule has 0 unspecified atom stereocenters. The van der Waals surface area contributed by atoms with Crippen LogP contribution in [0.25, 0.3) is 11.5 Å². The number of hydroxylamine groups is 2. The molecule has 0 radical (unpaired) electrons. The average Bonchev–Trinajstić information content (AvgIpc) is 2.85. The van der Waals surface area contributed by atoms with Crippen molar-refractivity contribution in [1.29, 1.82) is 0 Å². The number of amides is 2. The van der Waals surface area contributed by atoms with Crippen molar-refractivity contribution in [2.75, 3.05) is 6.54 Å². The van der Waals surface area contributed by atoms with E-state index in [1.54, 1.807) is 18.3 Å². The number of nitrogens with two attached hydrogens (primary N) is 1. The molecule has 0 spiro atoms. The number of primary amides is 1. The Balaban J connectivity index is 2.01. The lowest BCUT2D eigenvalue weighted by Gasteiger charge is -2.09. The van der Waals surface area contributed by atoms with Crippen LogP contribution in [0.3, 0.4) is 0 Å². The van der Waals surface area contributed by atoms with Gasteiger partial charge in [0.1, 0.15) is 11.5 Å². The van der Waals surface area contributed by atoms with Gasteiger partial charge in [-0.05, 0) is 24.3 Å². The molecule has 2 rings (SSSR count). The molecule has 18 heavy (non-hydrogen) atoms. The Kier molecular flexibility index (Phi) is 3.59. The van der Waals surface area contributed by atoms with Gasteiger partial charge in [0.05, 0.1) is 6.54 Å². The Morgan fingerprint density at radius 3 is 2.89 bits per heavy atom. The molecule has 2 aromatic rings. The van der Waals surface area contributed by atoms with E-state index in [9.17, 15) is 4.79 Å². The topological polar surface area (TPSA) is 92.6 Å². The van der Waals surface area contributed by atoms with Crippen LogP contribution in [-0.4, -0.2) is 27.8 Å². The van der Waals surface area contributed by atoms with Gasteiger partial charge in [-0.3, -0.25) is 10.2 Å². The van der Waals surface area contributed by atoms with Crippen LogP contribution < -0.4 is 5.73 Å². The lowest BCUT2D eigenvalue weighted by atomic mass is 10.3. The molecule has 6 heteroatoms. The van der Waals surface area contributed by atoms with Gasteiger partial charge in [-0.15, -0.1) is 0 Å². The fourth-order valence-corrected chi connectivity index (χ4v) is 1.48. The van der Waals surface area contributed by atoms with E-state index in [1.165, 1.54) is 0 Å². The molecule has 2 amide bonds. The molecule has 0 aliphatic carbocycles. The molecule has 0 saturated heterocycles. The monoisotopic (exact) mass is 247 g/mol. The van der Waals surface area contributed by atoms with Crippen LogP contribution in [0.5, 0.6) is 0 Å². The first-order valence-electron chi connectivity index (χ1n) is 5.43. The van der Waals surface area contributed by atoms with Gasteiger partial charge in [-0.25, -0.2) is 9.86 Å². The van der Waals surface area contributed by atoms with E-state index >= 15 is 0 Å². The van der Waals surface area contributed by atoms with Crippen molar-refractivity contribution in [3.8, 4) is 11.5 Å². The third-order valence-electron chi connectivity index (χ3n) is 2.40. The second-order valence-electron chi connectivity index (χ2n) is 3.69. The lowest BCUT2D eigenvalue weighted by molar-refractivity contribution is -0.0390. The summed E-state index contributed by atoms with van der Waals surface area (Å²) in [5, 5.41) is 9.56. The summed E-state index contributed by atoms with van der Waals surface area (Å²) in [7, 11) is 0. The SMILES string of the molecule is NC(=O)N(O)CCc1ccc(-c2ccccn2)o1. The van der Waals surface area contributed by atoms with E-state index in [2.05, 4.69) is 4.98 Å². The van der Waals surface area contributed by atoms with Gasteiger partial charge in [0.15, 0.2) is 5.76 Å². The molecule has 94 valence electrons. The van der Waals surface area contributed by atoms with Crippen molar-refractivity contribution in [3.63, 3.8) is 0 Å². The number of rotatable bonds is 4. The van der Waals surface area contributed by atoms with Crippen molar-refractivity contribution in [1.82, 2.24) is 10.0 Å². The Morgan fingerprint density at radius 1 is 1.39 bits per heavy atom. The van der Waals surface area contributed by atoms with Gasteiger partial charge in [0, 0.05) is 12.6 Å². The third kappa shape index (κ3) is 2.86. The summed E-state index contributed by atoms with van der Waals surface area (Å²) < 4.78 is 5.55. The van der Waals surface area contributed by atoms with E-state index in [1.807, 2.05) is 18.2 Å². The number of pyridine rings is 1. The number of urea groups is 1. The highest BCUT2D eigenvalue weighted by Gasteiger charge is 2.09. The largest absolute Gasteiger partial charge is 0.459 e. The second kappa shape index (κ2) is 5.33. The number of carbonyl (C=O) groups excluding carboxylic acids is 1. The molecule has 0 aromatic carbocycles. The summed E-state index contributed by atoms with van der Waals surface area (Å²) in [6.07, 6.45) is 2.06. The molecule has 0 aliphatic heterocycles. The number of nitrogens with zero attached hydrogens (tertiary/aromatic N) is 2. The summed E-state index contributed by atoms with van der Waals surface area (Å²) in [6.45, 7) is 0.0878. The predicted octanol–water partition coefficient (Wildman–Crippen LogP) is 1.65. The van der Waals surface area contributed by atoms with Gasteiger partial charge >= 0.3 is 6.03 Å². The van der Waals surface area contributed by atoms with Crippen molar-refractivity contribution in [3.05, 3.63) is 42.3 Å². The molecule has 0 atom stereocenters. The molecular formula is C12H13N3O3.